The second-order valence-corrected chi connectivity index (χ2v) is 9.39. The van der Waals surface area contributed by atoms with E-state index in [2.05, 4.69) is 38.1 Å². The molecule has 0 saturated carbocycles. The summed E-state index contributed by atoms with van der Waals surface area (Å²) in [6, 6.07) is 16.2. The normalized spacial score (nSPS) is 29.1. The molecule has 174 valence electrons. The first-order valence-electron chi connectivity index (χ1n) is 11.1. The van der Waals surface area contributed by atoms with Gasteiger partial charge in [0, 0.05) is 25.0 Å². The van der Waals surface area contributed by atoms with Crippen molar-refractivity contribution in [1.29, 1.82) is 0 Å². The van der Waals surface area contributed by atoms with Gasteiger partial charge in [-0.05, 0) is 35.4 Å². The van der Waals surface area contributed by atoms with Gasteiger partial charge in [-0.25, -0.2) is 0 Å². The van der Waals surface area contributed by atoms with Crippen LogP contribution in [0.25, 0.3) is 0 Å². The van der Waals surface area contributed by atoms with Crippen LogP contribution in [0.4, 0.5) is 0 Å². The maximum Gasteiger partial charge on any atom is 0.122 e. The predicted octanol–water partition coefficient (Wildman–Crippen LogP) is 4.59. The van der Waals surface area contributed by atoms with Crippen LogP contribution in [0.3, 0.4) is 0 Å². The van der Waals surface area contributed by atoms with Gasteiger partial charge in [0.15, 0.2) is 0 Å². The molecule has 4 atom stereocenters. The third-order valence-corrected chi connectivity index (χ3v) is 6.36. The number of hydrogen-bond donors (Lipinski definition) is 0. The highest BCUT2D eigenvalue weighted by Crippen LogP contribution is 2.47. The first kappa shape index (κ1) is 23.1. The fourth-order valence-corrected chi connectivity index (χ4v) is 4.59. The van der Waals surface area contributed by atoms with E-state index < -0.39 is 0 Å². The molecule has 2 heterocycles. The van der Waals surface area contributed by atoms with E-state index in [0.29, 0.717) is 26.4 Å². The summed E-state index contributed by atoms with van der Waals surface area (Å²) in [6.07, 6.45) is 0.140. The first-order valence-corrected chi connectivity index (χ1v) is 11.1. The molecular weight excluding hydrogens is 408 g/mol. The highest BCUT2D eigenvalue weighted by Gasteiger charge is 2.46. The van der Waals surface area contributed by atoms with E-state index in [9.17, 15) is 0 Å². The van der Waals surface area contributed by atoms with E-state index in [1.54, 1.807) is 14.2 Å². The SMILES string of the molecule is COCC1(C)COC1c1ccc(OCCOc2ccc(C3OCC3(C)COC)cc2)cc1. The molecule has 2 aromatic carbocycles. The molecule has 2 fully saturated rings. The second kappa shape index (κ2) is 9.79. The molecule has 32 heavy (non-hydrogen) atoms. The van der Waals surface area contributed by atoms with Crippen LogP contribution in [0.5, 0.6) is 11.5 Å². The molecule has 2 aromatic rings. The molecule has 6 heteroatoms. The van der Waals surface area contributed by atoms with Crippen molar-refractivity contribution < 1.29 is 28.4 Å². The largest absolute Gasteiger partial charge is 0.490 e. The molecule has 0 amide bonds. The molecule has 6 nitrogen and oxygen atoms in total. The summed E-state index contributed by atoms with van der Waals surface area (Å²) >= 11 is 0. The van der Waals surface area contributed by atoms with Crippen LogP contribution in [-0.4, -0.2) is 53.9 Å². The third kappa shape index (κ3) is 4.79. The fraction of sp³-hybridized carbons (Fsp3) is 0.538. The molecule has 0 aliphatic carbocycles. The maximum atomic E-state index is 5.83. The minimum atomic E-state index is 0.0354. The van der Waals surface area contributed by atoms with Crippen molar-refractivity contribution in [2.24, 2.45) is 10.8 Å². The van der Waals surface area contributed by atoms with E-state index in [0.717, 1.165) is 35.8 Å². The fourth-order valence-electron chi connectivity index (χ4n) is 4.59. The van der Waals surface area contributed by atoms with E-state index >= 15 is 0 Å². The Balaban J connectivity index is 1.21. The average Bonchev–Trinajstić information content (AvgIpc) is 2.78. The van der Waals surface area contributed by atoms with Crippen molar-refractivity contribution in [2.45, 2.75) is 26.1 Å². The number of methoxy groups -OCH3 is 2. The molecule has 0 aromatic heterocycles. The summed E-state index contributed by atoms with van der Waals surface area (Å²) < 4.78 is 33.9. The second-order valence-electron chi connectivity index (χ2n) is 9.39. The summed E-state index contributed by atoms with van der Waals surface area (Å²) in [4.78, 5) is 0. The summed E-state index contributed by atoms with van der Waals surface area (Å²) in [5.41, 5.74) is 2.37. The number of rotatable bonds is 11. The van der Waals surface area contributed by atoms with Crippen LogP contribution in [0.1, 0.15) is 37.2 Å². The van der Waals surface area contributed by atoms with Gasteiger partial charge in [-0.1, -0.05) is 38.1 Å². The van der Waals surface area contributed by atoms with Gasteiger partial charge in [0.25, 0.3) is 0 Å². The lowest BCUT2D eigenvalue weighted by Crippen LogP contribution is -2.46. The Kier molecular flexibility index (Phi) is 7.05. The smallest absolute Gasteiger partial charge is 0.122 e. The van der Waals surface area contributed by atoms with Crippen molar-refractivity contribution in [2.75, 3.05) is 53.9 Å². The van der Waals surface area contributed by atoms with Crippen LogP contribution in [0.15, 0.2) is 48.5 Å². The molecule has 4 rings (SSSR count). The topological polar surface area (TPSA) is 55.4 Å². The Morgan fingerprint density at radius 2 is 1.06 bits per heavy atom. The first-order chi connectivity index (χ1) is 15.5. The lowest BCUT2D eigenvalue weighted by molar-refractivity contribution is -0.203. The van der Waals surface area contributed by atoms with Crippen LogP contribution < -0.4 is 9.47 Å². The molecular formula is C26H34O6. The van der Waals surface area contributed by atoms with Crippen molar-refractivity contribution >= 4 is 0 Å². The summed E-state index contributed by atoms with van der Waals surface area (Å²) in [6.45, 7) is 8.15. The molecule has 0 spiro atoms. The molecule has 2 aliphatic rings. The van der Waals surface area contributed by atoms with Crippen molar-refractivity contribution in [3.63, 3.8) is 0 Å². The van der Waals surface area contributed by atoms with Crippen LogP contribution in [0, 0.1) is 10.8 Å². The van der Waals surface area contributed by atoms with Gasteiger partial charge in [-0.3, -0.25) is 0 Å². The number of benzene rings is 2. The van der Waals surface area contributed by atoms with E-state index in [1.165, 1.54) is 0 Å². The minimum Gasteiger partial charge on any atom is -0.490 e. The monoisotopic (exact) mass is 442 g/mol. The molecule has 2 aliphatic heterocycles. The Morgan fingerprint density at radius 3 is 1.34 bits per heavy atom. The molecule has 4 unspecified atom stereocenters. The number of hydrogen-bond acceptors (Lipinski definition) is 6. The Bertz CT molecular complexity index is 793. The van der Waals surface area contributed by atoms with Crippen molar-refractivity contribution in [1.82, 2.24) is 0 Å². The Labute approximate surface area is 190 Å². The highest BCUT2D eigenvalue weighted by molar-refractivity contribution is 5.32. The maximum absolute atomic E-state index is 5.83. The van der Waals surface area contributed by atoms with Gasteiger partial charge in [0.1, 0.15) is 24.7 Å². The van der Waals surface area contributed by atoms with Crippen LogP contribution >= 0.6 is 0 Å². The molecule has 2 saturated heterocycles. The Hall–Kier alpha value is -2.12. The zero-order valence-corrected chi connectivity index (χ0v) is 19.5. The molecule has 0 N–H and O–H groups in total. The van der Waals surface area contributed by atoms with Gasteiger partial charge < -0.3 is 28.4 Å². The van der Waals surface area contributed by atoms with Gasteiger partial charge in [-0.15, -0.1) is 0 Å². The molecule has 0 bridgehead atoms. The lowest BCUT2D eigenvalue weighted by atomic mass is 9.77. The average molecular weight is 443 g/mol. The zero-order chi connectivity index (χ0) is 22.6. The van der Waals surface area contributed by atoms with Crippen molar-refractivity contribution in [3.05, 3.63) is 59.7 Å². The van der Waals surface area contributed by atoms with E-state index in [-0.39, 0.29) is 23.0 Å². The molecule has 0 radical (unpaired) electrons. The van der Waals surface area contributed by atoms with Gasteiger partial charge >= 0.3 is 0 Å². The van der Waals surface area contributed by atoms with Gasteiger partial charge in [-0.2, -0.15) is 0 Å². The lowest BCUT2D eigenvalue weighted by Gasteiger charge is -2.46. The standard InChI is InChI=1S/C26H34O6/c1-25(15-27-3)17-31-23(25)19-5-9-21(10-6-19)29-13-14-30-22-11-7-20(8-12-22)24-26(2,16-28-4)18-32-24/h5-12,23-24H,13-18H2,1-4H3. The zero-order valence-electron chi connectivity index (χ0n) is 19.5. The third-order valence-electron chi connectivity index (χ3n) is 6.36. The summed E-state index contributed by atoms with van der Waals surface area (Å²) in [5, 5.41) is 0. The van der Waals surface area contributed by atoms with Gasteiger partial charge in [0.2, 0.25) is 0 Å². The van der Waals surface area contributed by atoms with Gasteiger partial charge in [0.05, 0.1) is 38.6 Å². The highest BCUT2D eigenvalue weighted by atomic mass is 16.5. The summed E-state index contributed by atoms with van der Waals surface area (Å²) in [5.74, 6) is 1.64. The van der Waals surface area contributed by atoms with Crippen molar-refractivity contribution in [3.8, 4) is 11.5 Å². The Morgan fingerprint density at radius 1 is 0.688 bits per heavy atom. The van der Waals surface area contributed by atoms with Crippen LogP contribution in [0.2, 0.25) is 0 Å². The quantitative estimate of drug-likeness (QED) is 0.475. The number of ether oxygens (including phenoxy) is 6. The van der Waals surface area contributed by atoms with Crippen LogP contribution in [-0.2, 0) is 18.9 Å². The predicted molar refractivity (Wildman–Crippen MR) is 121 cm³/mol. The minimum absolute atomic E-state index is 0.0354. The van der Waals surface area contributed by atoms with E-state index in [4.69, 9.17) is 28.4 Å². The van der Waals surface area contributed by atoms with E-state index in [1.807, 2.05) is 24.3 Å². The summed E-state index contributed by atoms with van der Waals surface area (Å²) in [7, 11) is 3.46.